The third-order valence-corrected chi connectivity index (χ3v) is 6.63. The van der Waals surface area contributed by atoms with Crippen molar-refractivity contribution in [2.45, 2.75) is 36.1 Å². The standard InChI is InChI=1S/C18H22N2O5S2/c1-4-13(2)20-27(24,25)16-10-8-14(9-11-16)18(21)19-15-6-5-7-17(12-15)26(3,22)23/h5-13,20H,4H2,1-3H3,(H,19,21)/t13-/m1/s1. The van der Waals surface area contributed by atoms with Crippen molar-refractivity contribution < 1.29 is 21.6 Å². The van der Waals surface area contributed by atoms with Crippen LogP contribution in [0.5, 0.6) is 0 Å². The van der Waals surface area contributed by atoms with E-state index in [0.29, 0.717) is 12.1 Å². The first-order valence-corrected chi connectivity index (χ1v) is 11.6. The molecule has 0 aliphatic rings. The molecule has 0 radical (unpaired) electrons. The number of carbonyl (C=O) groups excluding carboxylic acids is 1. The molecule has 0 aliphatic heterocycles. The van der Waals surface area contributed by atoms with Crippen LogP contribution in [0.3, 0.4) is 0 Å². The summed E-state index contributed by atoms with van der Waals surface area (Å²) in [5.41, 5.74) is 0.584. The van der Waals surface area contributed by atoms with Crippen molar-refractivity contribution in [3.63, 3.8) is 0 Å². The number of rotatable bonds is 7. The van der Waals surface area contributed by atoms with E-state index in [2.05, 4.69) is 10.0 Å². The van der Waals surface area contributed by atoms with E-state index < -0.39 is 25.8 Å². The van der Waals surface area contributed by atoms with Crippen molar-refractivity contribution >= 4 is 31.5 Å². The summed E-state index contributed by atoms with van der Waals surface area (Å²) in [4.78, 5) is 12.5. The number of hydrogen-bond donors (Lipinski definition) is 2. The second kappa shape index (κ2) is 8.20. The van der Waals surface area contributed by atoms with E-state index in [-0.39, 0.29) is 21.4 Å². The van der Waals surface area contributed by atoms with E-state index in [4.69, 9.17) is 0 Å². The van der Waals surface area contributed by atoms with Gasteiger partial charge in [-0.1, -0.05) is 13.0 Å². The molecule has 0 saturated carbocycles. The lowest BCUT2D eigenvalue weighted by Crippen LogP contribution is -2.32. The molecule has 2 N–H and O–H groups in total. The van der Waals surface area contributed by atoms with Crippen molar-refractivity contribution in [3.05, 3.63) is 54.1 Å². The second-order valence-corrected chi connectivity index (χ2v) is 9.94. The second-order valence-electron chi connectivity index (χ2n) is 6.21. The minimum absolute atomic E-state index is 0.0680. The molecule has 0 saturated heterocycles. The van der Waals surface area contributed by atoms with Crippen LogP contribution in [0.1, 0.15) is 30.6 Å². The van der Waals surface area contributed by atoms with Gasteiger partial charge in [-0.3, -0.25) is 4.79 Å². The molecule has 1 amide bonds. The number of benzene rings is 2. The average Bonchev–Trinajstić information content (AvgIpc) is 2.61. The largest absolute Gasteiger partial charge is 0.322 e. The zero-order valence-electron chi connectivity index (χ0n) is 15.3. The van der Waals surface area contributed by atoms with Gasteiger partial charge in [-0.05, 0) is 55.8 Å². The monoisotopic (exact) mass is 410 g/mol. The molecule has 9 heteroatoms. The average molecular weight is 411 g/mol. The number of amides is 1. The molecule has 0 spiro atoms. The Morgan fingerprint density at radius 3 is 2.19 bits per heavy atom. The molecular weight excluding hydrogens is 388 g/mol. The predicted molar refractivity (Wildman–Crippen MR) is 104 cm³/mol. The van der Waals surface area contributed by atoms with Gasteiger partial charge in [0.05, 0.1) is 9.79 Å². The smallest absolute Gasteiger partial charge is 0.255 e. The zero-order chi connectivity index (χ0) is 20.2. The van der Waals surface area contributed by atoms with Gasteiger partial charge < -0.3 is 5.32 Å². The van der Waals surface area contributed by atoms with Gasteiger partial charge in [0.1, 0.15) is 0 Å². The third-order valence-electron chi connectivity index (χ3n) is 3.92. The molecular formula is C18H22N2O5S2. The maximum atomic E-state index is 12.3. The molecule has 0 unspecified atom stereocenters. The van der Waals surface area contributed by atoms with Gasteiger partial charge in [-0.2, -0.15) is 0 Å². The van der Waals surface area contributed by atoms with E-state index in [9.17, 15) is 21.6 Å². The minimum Gasteiger partial charge on any atom is -0.322 e. The number of sulfone groups is 1. The van der Waals surface area contributed by atoms with Gasteiger partial charge in [0.15, 0.2) is 9.84 Å². The maximum absolute atomic E-state index is 12.3. The summed E-state index contributed by atoms with van der Waals surface area (Å²) in [6, 6.07) is 11.2. The summed E-state index contributed by atoms with van der Waals surface area (Å²) in [5.74, 6) is -0.473. The Hall–Kier alpha value is -2.23. The van der Waals surface area contributed by atoms with E-state index in [1.54, 1.807) is 13.0 Å². The van der Waals surface area contributed by atoms with Crippen LogP contribution in [0.25, 0.3) is 0 Å². The van der Waals surface area contributed by atoms with Crippen molar-refractivity contribution in [2.75, 3.05) is 11.6 Å². The highest BCUT2D eigenvalue weighted by Gasteiger charge is 2.17. The number of nitrogens with one attached hydrogen (secondary N) is 2. The Morgan fingerprint density at radius 2 is 1.63 bits per heavy atom. The summed E-state index contributed by atoms with van der Waals surface area (Å²) in [5, 5.41) is 2.60. The number of carbonyl (C=O) groups is 1. The number of hydrogen-bond acceptors (Lipinski definition) is 5. The highest BCUT2D eigenvalue weighted by Crippen LogP contribution is 2.17. The van der Waals surface area contributed by atoms with Crippen LogP contribution in [0, 0.1) is 0 Å². The van der Waals surface area contributed by atoms with Crippen LogP contribution >= 0.6 is 0 Å². The summed E-state index contributed by atoms with van der Waals surface area (Å²) in [6.45, 7) is 3.64. The minimum atomic E-state index is -3.64. The fourth-order valence-corrected chi connectivity index (χ4v) is 4.20. The number of sulfonamides is 1. The van der Waals surface area contributed by atoms with Gasteiger partial charge in [0.2, 0.25) is 10.0 Å². The van der Waals surface area contributed by atoms with Crippen molar-refractivity contribution in [1.82, 2.24) is 4.72 Å². The Morgan fingerprint density at radius 1 is 1.00 bits per heavy atom. The molecule has 7 nitrogen and oxygen atoms in total. The van der Waals surface area contributed by atoms with Crippen LogP contribution in [-0.4, -0.2) is 35.0 Å². The molecule has 0 heterocycles. The first kappa shape index (κ1) is 21.1. The van der Waals surface area contributed by atoms with E-state index in [1.165, 1.54) is 42.5 Å². The van der Waals surface area contributed by atoms with E-state index in [0.717, 1.165) is 6.26 Å². The van der Waals surface area contributed by atoms with Gasteiger partial charge in [-0.25, -0.2) is 21.6 Å². The molecule has 2 aromatic rings. The normalized spacial score (nSPS) is 13.1. The molecule has 0 fully saturated rings. The molecule has 0 aliphatic carbocycles. The maximum Gasteiger partial charge on any atom is 0.255 e. The van der Waals surface area contributed by atoms with Crippen molar-refractivity contribution in [3.8, 4) is 0 Å². The fourth-order valence-electron chi connectivity index (χ4n) is 2.21. The zero-order valence-corrected chi connectivity index (χ0v) is 16.9. The first-order chi connectivity index (χ1) is 12.5. The van der Waals surface area contributed by atoms with Crippen molar-refractivity contribution in [2.24, 2.45) is 0 Å². The highest BCUT2D eigenvalue weighted by atomic mass is 32.2. The molecule has 0 bridgehead atoms. The lowest BCUT2D eigenvalue weighted by molar-refractivity contribution is 0.102. The van der Waals surface area contributed by atoms with Crippen LogP contribution < -0.4 is 10.0 Å². The predicted octanol–water partition coefficient (Wildman–Crippen LogP) is 2.42. The molecule has 146 valence electrons. The lowest BCUT2D eigenvalue weighted by atomic mass is 10.2. The van der Waals surface area contributed by atoms with Gasteiger partial charge in [0.25, 0.3) is 5.91 Å². The summed E-state index contributed by atoms with van der Waals surface area (Å²) in [7, 11) is -7.03. The molecule has 2 aromatic carbocycles. The molecule has 27 heavy (non-hydrogen) atoms. The van der Waals surface area contributed by atoms with Crippen LogP contribution in [0.15, 0.2) is 58.3 Å². The Labute approximate surface area is 159 Å². The quantitative estimate of drug-likeness (QED) is 0.728. The summed E-state index contributed by atoms with van der Waals surface area (Å²) >= 11 is 0. The lowest BCUT2D eigenvalue weighted by Gasteiger charge is -2.12. The molecule has 1 atom stereocenters. The Balaban J connectivity index is 2.17. The number of anilines is 1. The molecule has 0 aromatic heterocycles. The molecule has 2 rings (SSSR count). The summed E-state index contributed by atoms with van der Waals surface area (Å²) < 4.78 is 50.2. The van der Waals surface area contributed by atoms with Crippen molar-refractivity contribution in [1.29, 1.82) is 0 Å². The van der Waals surface area contributed by atoms with E-state index in [1.807, 2.05) is 6.92 Å². The van der Waals surface area contributed by atoms with Crippen LogP contribution in [0.4, 0.5) is 5.69 Å². The van der Waals surface area contributed by atoms with Crippen LogP contribution in [0.2, 0.25) is 0 Å². The fraction of sp³-hybridized carbons (Fsp3) is 0.278. The topological polar surface area (TPSA) is 109 Å². The van der Waals surface area contributed by atoms with Gasteiger partial charge in [-0.15, -0.1) is 0 Å². The third kappa shape index (κ3) is 5.62. The van der Waals surface area contributed by atoms with Crippen LogP contribution in [-0.2, 0) is 19.9 Å². The van der Waals surface area contributed by atoms with E-state index >= 15 is 0 Å². The SMILES string of the molecule is CC[C@@H](C)NS(=O)(=O)c1ccc(C(=O)Nc2cccc(S(C)(=O)=O)c2)cc1. The Kier molecular flexibility index (Phi) is 6.40. The van der Waals surface area contributed by atoms with Gasteiger partial charge >= 0.3 is 0 Å². The Bertz CT molecular complexity index is 1030. The first-order valence-electron chi connectivity index (χ1n) is 8.27. The van der Waals surface area contributed by atoms with Gasteiger partial charge in [0, 0.05) is 23.5 Å². The summed E-state index contributed by atoms with van der Waals surface area (Å²) in [6.07, 6.45) is 1.74. The highest BCUT2D eigenvalue weighted by molar-refractivity contribution is 7.90.